The van der Waals surface area contributed by atoms with Crippen LogP contribution in [-0.2, 0) is 31.9 Å². The van der Waals surface area contributed by atoms with Gasteiger partial charge in [0.05, 0.1) is 41.5 Å². The van der Waals surface area contributed by atoms with Crippen molar-refractivity contribution in [3.63, 3.8) is 0 Å². The summed E-state index contributed by atoms with van der Waals surface area (Å²) in [6.07, 6.45) is 11.7. The number of phenols is 2. The maximum absolute atomic E-state index is 14.6. The van der Waals surface area contributed by atoms with Crippen molar-refractivity contribution >= 4 is 47.3 Å². The Bertz CT molecular complexity index is 2780. The van der Waals surface area contributed by atoms with Gasteiger partial charge < -0.3 is 39.6 Å². The minimum atomic E-state index is -0.915. The van der Waals surface area contributed by atoms with Gasteiger partial charge in [-0.1, -0.05) is 71.9 Å². The van der Waals surface area contributed by atoms with Gasteiger partial charge in [-0.15, -0.1) is 0 Å². The number of nitrogens with one attached hydrogen (secondary N) is 3. The number of amides is 3. The molecule has 5 fully saturated rings. The van der Waals surface area contributed by atoms with Gasteiger partial charge in [-0.2, -0.15) is 0 Å². The summed E-state index contributed by atoms with van der Waals surface area (Å²) in [5, 5.41) is 38.1. The number of hydrogen-bond donors (Lipinski definition) is 6. The zero-order valence-electron chi connectivity index (χ0n) is 42.4. The molecule has 2 bridgehead atoms. The van der Waals surface area contributed by atoms with E-state index in [1.165, 1.54) is 29.7 Å². The Hall–Kier alpha value is -6.30. The molecule has 380 valence electrons. The van der Waals surface area contributed by atoms with Crippen LogP contribution in [0.2, 0.25) is 0 Å². The number of benzene rings is 3. The molecule has 72 heavy (non-hydrogen) atoms. The van der Waals surface area contributed by atoms with Crippen LogP contribution >= 0.6 is 0 Å². The number of aryl methyl sites for hydroxylation is 1. The number of carbonyl (C=O) groups excluding carboxylic acids is 3. The van der Waals surface area contributed by atoms with Crippen LogP contribution in [0.15, 0.2) is 91.5 Å². The summed E-state index contributed by atoms with van der Waals surface area (Å²) in [6, 6.07) is 19.4. The molecule has 2 saturated heterocycles. The Morgan fingerprint density at radius 3 is 2.43 bits per heavy atom. The van der Waals surface area contributed by atoms with Gasteiger partial charge in [0, 0.05) is 61.6 Å². The summed E-state index contributed by atoms with van der Waals surface area (Å²) in [4.78, 5) is 52.5. The fraction of sp³-hybridized carbons (Fsp3) is 0.491. The molecule has 3 amide bonds. The lowest BCUT2D eigenvalue weighted by Gasteiger charge is -2.65. The normalized spacial score (nSPS) is 22.3. The molecule has 6 atom stereocenters. The van der Waals surface area contributed by atoms with Crippen molar-refractivity contribution in [2.24, 2.45) is 34.9 Å². The van der Waals surface area contributed by atoms with Crippen LogP contribution in [0.3, 0.4) is 0 Å². The summed E-state index contributed by atoms with van der Waals surface area (Å²) in [5.74, 6) is 6.01. The number of aromatic hydroxyl groups is 2. The first-order chi connectivity index (χ1) is 34.4. The number of aromatic nitrogens is 3. The zero-order chi connectivity index (χ0) is 51.1. The molecule has 3 aromatic carbocycles. The van der Waals surface area contributed by atoms with E-state index in [-0.39, 0.29) is 82.5 Å². The van der Waals surface area contributed by atoms with E-state index in [2.05, 4.69) is 59.1 Å². The SMILES string of the molecule is CC(C)C[C@H](NC(=O)[C@H](Cc1ccccc1)NC(=O)c1cnccn1)B1O[C@H]2C[C@H]3C[C@H](C3(C)C)[C@@]2(CC(=O)N2CCC(CCn3ccc4cc(N(N)C(=N)c5cc(C(C)C)c(O)cc5O)ccc43)CC2)O1. The molecule has 0 spiro atoms. The third-order valence-electron chi connectivity index (χ3n) is 16.3. The van der Waals surface area contributed by atoms with E-state index in [1.54, 1.807) is 6.07 Å². The molecule has 2 aliphatic heterocycles. The highest BCUT2D eigenvalue weighted by atomic mass is 16.7. The standard InChI is InChI=1S/C55H70BN9O7/c1-33(2)24-49(62-52(69)42(25-36-10-8-7-9-11-36)61-53(70)43-32-59-18-19-60-43)56-71-48-28-38-27-47(54(38,5)6)55(48,72-56)31-50(68)64-21-15-35(16-22-64)14-20-63-23-17-37-26-39(12-13-44(37)63)65(58)51(57)41-29-40(34(3)4)45(66)30-46(41)67/h7-13,17-19,23,26,29-30,32-35,38,42,47-49,57,66-67H,14-16,20-22,24-25,27-28,31,58H2,1-6H3,(H,61,70)(H,62,69)/t38-,42+,47-,48+,49+,55-/m1/s1. The van der Waals surface area contributed by atoms with Gasteiger partial charge in [0.1, 0.15) is 23.2 Å². The topological polar surface area (TPSA) is 221 Å². The van der Waals surface area contributed by atoms with Crippen molar-refractivity contribution in [3.8, 4) is 11.5 Å². The second-order valence-corrected chi connectivity index (χ2v) is 22.0. The van der Waals surface area contributed by atoms with Gasteiger partial charge in [-0.25, -0.2) is 10.8 Å². The van der Waals surface area contributed by atoms with E-state index in [1.807, 2.05) is 73.3 Å². The van der Waals surface area contributed by atoms with Crippen LogP contribution in [0.1, 0.15) is 120 Å². The molecule has 0 radical (unpaired) electrons. The molecule has 3 aliphatic carbocycles. The van der Waals surface area contributed by atoms with E-state index < -0.39 is 30.6 Å². The van der Waals surface area contributed by atoms with E-state index >= 15 is 0 Å². The zero-order valence-corrected chi connectivity index (χ0v) is 42.4. The van der Waals surface area contributed by atoms with Gasteiger partial charge >= 0.3 is 7.12 Å². The highest BCUT2D eigenvalue weighted by Crippen LogP contribution is 2.67. The Labute approximate surface area is 422 Å². The van der Waals surface area contributed by atoms with Crippen LogP contribution in [0.4, 0.5) is 5.69 Å². The predicted octanol–water partition coefficient (Wildman–Crippen LogP) is 7.51. The average molecular weight is 980 g/mol. The summed E-state index contributed by atoms with van der Waals surface area (Å²) >= 11 is 0. The van der Waals surface area contributed by atoms with Crippen LogP contribution in [0, 0.1) is 34.5 Å². The Morgan fingerprint density at radius 2 is 1.74 bits per heavy atom. The molecule has 7 N–H and O–H groups in total. The molecule has 4 heterocycles. The second-order valence-electron chi connectivity index (χ2n) is 22.0. The maximum Gasteiger partial charge on any atom is 0.481 e. The highest BCUT2D eigenvalue weighted by molar-refractivity contribution is 6.48. The first-order valence-electron chi connectivity index (χ1n) is 25.7. The largest absolute Gasteiger partial charge is 0.508 e. The number of nitrogens with two attached hydrogens (primary N) is 1. The van der Waals surface area contributed by atoms with Crippen molar-refractivity contribution in [1.29, 1.82) is 5.41 Å². The second kappa shape index (κ2) is 20.7. The lowest BCUT2D eigenvalue weighted by Crippen LogP contribution is -2.68. The van der Waals surface area contributed by atoms with Crippen molar-refractivity contribution in [3.05, 3.63) is 114 Å². The number of carbonyl (C=O) groups is 3. The molecule has 10 rings (SSSR count). The maximum atomic E-state index is 14.6. The number of piperidine rings is 1. The Kier molecular flexibility index (Phi) is 14.5. The van der Waals surface area contributed by atoms with Gasteiger partial charge in [-0.05, 0) is 115 Å². The molecule has 2 aromatic heterocycles. The minimum Gasteiger partial charge on any atom is -0.508 e. The fourth-order valence-electron chi connectivity index (χ4n) is 12.0. The number of hydrogen-bond acceptors (Lipinski definition) is 11. The van der Waals surface area contributed by atoms with E-state index in [0.717, 1.165) is 55.1 Å². The third kappa shape index (κ3) is 10.2. The molecule has 0 unspecified atom stereocenters. The van der Waals surface area contributed by atoms with Crippen LogP contribution in [-0.4, -0.2) is 97.1 Å². The van der Waals surface area contributed by atoms with Gasteiger partial charge in [0.2, 0.25) is 11.8 Å². The quantitative estimate of drug-likeness (QED) is 0.0176. The number of likely N-dealkylation sites (tertiary alicyclic amines) is 1. The van der Waals surface area contributed by atoms with Gasteiger partial charge in [0.25, 0.3) is 5.91 Å². The van der Waals surface area contributed by atoms with E-state index in [0.29, 0.717) is 42.6 Å². The summed E-state index contributed by atoms with van der Waals surface area (Å²) in [5.41, 5.74) is 2.65. The first kappa shape index (κ1) is 50.6. The monoisotopic (exact) mass is 980 g/mol. The van der Waals surface area contributed by atoms with Crippen molar-refractivity contribution < 1.29 is 33.9 Å². The van der Waals surface area contributed by atoms with Crippen molar-refractivity contribution in [2.45, 2.75) is 129 Å². The Balaban J connectivity index is 0.833. The van der Waals surface area contributed by atoms with E-state index in [9.17, 15) is 24.6 Å². The lowest BCUT2D eigenvalue weighted by molar-refractivity contribution is -0.212. The average Bonchev–Trinajstić information content (AvgIpc) is 3.96. The summed E-state index contributed by atoms with van der Waals surface area (Å²) < 4.78 is 16.3. The smallest absolute Gasteiger partial charge is 0.481 e. The minimum absolute atomic E-state index is 0.00979. The molecule has 16 nitrogen and oxygen atoms in total. The highest BCUT2D eigenvalue weighted by Gasteiger charge is 2.71. The molecule has 3 saturated carbocycles. The van der Waals surface area contributed by atoms with Crippen LogP contribution in [0.5, 0.6) is 11.5 Å². The number of fused-ring (bicyclic) bond motifs is 1. The molecule has 17 heteroatoms. The van der Waals surface area contributed by atoms with Crippen LogP contribution in [0.25, 0.3) is 10.9 Å². The third-order valence-corrected chi connectivity index (χ3v) is 16.3. The number of rotatable bonds is 17. The fourth-order valence-corrected chi connectivity index (χ4v) is 12.0. The number of amidine groups is 1. The first-order valence-corrected chi connectivity index (χ1v) is 25.7. The number of anilines is 1. The summed E-state index contributed by atoms with van der Waals surface area (Å²) in [6.45, 7) is 14.8. The van der Waals surface area contributed by atoms with E-state index in [4.69, 9.17) is 20.6 Å². The number of nitrogens with zero attached hydrogens (tertiary/aromatic N) is 5. The molecular formula is C55H70BN9O7. The predicted molar refractivity (Wildman–Crippen MR) is 277 cm³/mol. The van der Waals surface area contributed by atoms with Gasteiger partial charge in [0.15, 0.2) is 5.84 Å². The van der Waals surface area contributed by atoms with Crippen molar-refractivity contribution in [2.75, 3.05) is 18.1 Å². The van der Waals surface area contributed by atoms with Gasteiger partial charge in [-0.3, -0.25) is 29.8 Å². The van der Waals surface area contributed by atoms with Crippen LogP contribution < -0.4 is 21.5 Å². The van der Waals surface area contributed by atoms with Crippen molar-refractivity contribution in [1.82, 2.24) is 30.1 Å². The summed E-state index contributed by atoms with van der Waals surface area (Å²) in [7, 11) is -0.778. The number of hydrazine groups is 1. The molecule has 5 aromatic rings. The molecular weight excluding hydrogens is 909 g/mol. The molecule has 5 aliphatic rings. The lowest BCUT2D eigenvalue weighted by atomic mass is 9.43. The Morgan fingerprint density at radius 1 is 0.972 bits per heavy atom. The number of phenolic OH excluding ortho intramolecular Hbond substituents is 2.